The quantitative estimate of drug-likeness (QED) is 0.116. The van der Waals surface area contributed by atoms with Gasteiger partial charge in [0, 0.05) is 17.9 Å². The number of ketones is 1. The lowest BCUT2D eigenvalue weighted by atomic mass is 9.53. The van der Waals surface area contributed by atoms with E-state index < -0.39 is 41.2 Å². The Balaban J connectivity index is 1.71. The van der Waals surface area contributed by atoms with Crippen molar-refractivity contribution in [1.82, 2.24) is 0 Å². The molecule has 2 saturated carbocycles. The summed E-state index contributed by atoms with van der Waals surface area (Å²) in [6.07, 6.45) is 6.87. The predicted molar refractivity (Wildman–Crippen MR) is 142 cm³/mol. The summed E-state index contributed by atoms with van der Waals surface area (Å²) in [7, 11) is 0. The highest BCUT2D eigenvalue weighted by molar-refractivity contribution is 6.04. The number of aliphatic hydroxyl groups is 3. The van der Waals surface area contributed by atoms with Crippen LogP contribution in [0, 0.1) is 23.2 Å². The van der Waals surface area contributed by atoms with Gasteiger partial charge in [0.15, 0.2) is 11.9 Å². The Morgan fingerprint density at radius 2 is 1.92 bits per heavy atom. The molecule has 3 N–H and O–H groups in total. The highest BCUT2D eigenvalue weighted by Crippen LogP contribution is 2.67. The Kier molecular flexibility index (Phi) is 9.82. The van der Waals surface area contributed by atoms with Gasteiger partial charge in [-0.2, -0.15) is 0 Å². The molecule has 7 heteroatoms. The van der Waals surface area contributed by atoms with E-state index in [-0.39, 0.29) is 30.8 Å². The summed E-state index contributed by atoms with van der Waals surface area (Å²) in [5, 5.41) is 30.4. The summed E-state index contributed by atoms with van der Waals surface area (Å²) in [6.45, 7) is 11.5. The van der Waals surface area contributed by atoms with Crippen LogP contribution in [0.2, 0.25) is 0 Å². The molecule has 1 saturated heterocycles. The molecule has 0 amide bonds. The first kappa shape index (κ1) is 30.0. The van der Waals surface area contributed by atoms with Gasteiger partial charge in [0.25, 0.3) is 0 Å². The SMILES string of the molecule is CCCCCC[C@@H](C=C(C)[C@@H](O)[C@@H](C)C(=O)O[C@@H]1CC[C@H](C)[C@@]2(C)CC(=C(C)CO)C(=O)[C@H]3O[C@@]312)CO. The second kappa shape index (κ2) is 12.1. The van der Waals surface area contributed by atoms with Gasteiger partial charge in [-0.3, -0.25) is 9.59 Å². The van der Waals surface area contributed by atoms with E-state index in [1.54, 1.807) is 20.8 Å². The molecule has 3 aliphatic rings. The van der Waals surface area contributed by atoms with Gasteiger partial charge in [0.1, 0.15) is 11.7 Å². The maximum Gasteiger partial charge on any atom is 0.312 e. The second-order valence-electron chi connectivity index (χ2n) is 12.0. The maximum absolute atomic E-state index is 13.2. The summed E-state index contributed by atoms with van der Waals surface area (Å²) < 4.78 is 12.2. The number of ether oxygens (including phenoxy) is 2. The minimum absolute atomic E-state index is 0.00925. The lowest BCUT2D eigenvalue weighted by molar-refractivity contribution is -0.171. The molecule has 0 radical (unpaired) electrons. The third-order valence-electron chi connectivity index (χ3n) is 9.53. The molecular formula is C30H48O7. The first-order valence-corrected chi connectivity index (χ1v) is 14.2. The van der Waals surface area contributed by atoms with Crippen LogP contribution in [0.5, 0.6) is 0 Å². The summed E-state index contributed by atoms with van der Waals surface area (Å²) in [6, 6.07) is 0. The fourth-order valence-corrected chi connectivity index (χ4v) is 6.61. The summed E-state index contributed by atoms with van der Waals surface area (Å²) in [4.78, 5) is 26.4. The van der Waals surface area contributed by atoms with E-state index in [0.29, 0.717) is 29.6 Å². The van der Waals surface area contributed by atoms with E-state index in [1.807, 2.05) is 6.08 Å². The number of esters is 1. The summed E-state index contributed by atoms with van der Waals surface area (Å²) in [5.41, 5.74) is 0.713. The van der Waals surface area contributed by atoms with E-state index in [0.717, 1.165) is 32.1 Å². The van der Waals surface area contributed by atoms with Crippen molar-refractivity contribution in [2.24, 2.45) is 23.2 Å². The molecule has 1 heterocycles. The monoisotopic (exact) mass is 520 g/mol. The van der Waals surface area contributed by atoms with Crippen LogP contribution in [0.3, 0.4) is 0 Å². The normalized spacial score (nSPS) is 35.2. The molecular weight excluding hydrogens is 472 g/mol. The highest BCUT2D eigenvalue weighted by Gasteiger charge is 2.79. The van der Waals surface area contributed by atoms with Crippen LogP contribution in [0.4, 0.5) is 0 Å². The zero-order valence-corrected chi connectivity index (χ0v) is 23.6. The first-order valence-electron chi connectivity index (χ1n) is 14.2. The lowest BCUT2D eigenvalue weighted by Crippen LogP contribution is -2.59. The molecule has 1 spiro atoms. The largest absolute Gasteiger partial charge is 0.459 e. The molecule has 0 aromatic heterocycles. The number of aliphatic hydroxyl groups excluding tert-OH is 3. The molecule has 0 unspecified atom stereocenters. The molecule has 1 aliphatic heterocycles. The number of hydrogen-bond acceptors (Lipinski definition) is 7. The van der Waals surface area contributed by atoms with Crippen molar-refractivity contribution in [3.05, 3.63) is 22.8 Å². The zero-order chi connectivity index (χ0) is 27.5. The van der Waals surface area contributed by atoms with Gasteiger partial charge < -0.3 is 24.8 Å². The van der Waals surface area contributed by atoms with Gasteiger partial charge in [-0.25, -0.2) is 0 Å². The van der Waals surface area contributed by atoms with Crippen LogP contribution >= 0.6 is 0 Å². The molecule has 0 aromatic carbocycles. The van der Waals surface area contributed by atoms with Crippen LogP contribution in [-0.2, 0) is 19.1 Å². The number of hydrogen-bond donors (Lipinski definition) is 3. The Morgan fingerprint density at radius 3 is 2.54 bits per heavy atom. The maximum atomic E-state index is 13.2. The van der Waals surface area contributed by atoms with E-state index in [1.165, 1.54) is 6.42 Å². The number of epoxide rings is 1. The van der Waals surface area contributed by atoms with Gasteiger partial charge in [-0.1, -0.05) is 52.5 Å². The van der Waals surface area contributed by atoms with Gasteiger partial charge in [-0.15, -0.1) is 0 Å². The van der Waals surface area contributed by atoms with Gasteiger partial charge in [0.2, 0.25) is 0 Å². The van der Waals surface area contributed by atoms with Gasteiger partial charge in [-0.05, 0) is 69.1 Å². The summed E-state index contributed by atoms with van der Waals surface area (Å²) >= 11 is 0. The number of Topliss-reactive ketones (excluding diaryl/α,β-unsaturated/α-hetero) is 1. The van der Waals surface area contributed by atoms with Crippen molar-refractivity contribution in [3.63, 3.8) is 0 Å². The molecule has 7 nitrogen and oxygen atoms in total. The predicted octanol–water partition coefficient (Wildman–Crippen LogP) is 4.28. The average Bonchev–Trinajstić information content (AvgIpc) is 3.65. The third kappa shape index (κ3) is 5.61. The molecule has 0 aromatic rings. The van der Waals surface area contributed by atoms with Crippen molar-refractivity contribution in [3.8, 4) is 0 Å². The molecule has 0 bridgehead atoms. The van der Waals surface area contributed by atoms with E-state index in [2.05, 4.69) is 20.8 Å². The van der Waals surface area contributed by atoms with Crippen molar-refractivity contribution in [2.75, 3.05) is 13.2 Å². The second-order valence-corrected chi connectivity index (χ2v) is 12.0. The average molecular weight is 521 g/mol. The lowest BCUT2D eigenvalue weighted by Gasteiger charge is -2.50. The molecule has 8 atom stereocenters. The topological polar surface area (TPSA) is 117 Å². The van der Waals surface area contributed by atoms with Gasteiger partial charge >= 0.3 is 5.97 Å². The van der Waals surface area contributed by atoms with Crippen LogP contribution in [0.25, 0.3) is 0 Å². The van der Waals surface area contributed by atoms with Crippen molar-refractivity contribution in [2.45, 2.75) is 117 Å². The molecule has 3 rings (SSSR count). The highest BCUT2D eigenvalue weighted by atomic mass is 16.7. The summed E-state index contributed by atoms with van der Waals surface area (Å²) in [5.74, 6) is -1.20. The van der Waals surface area contributed by atoms with E-state index in [4.69, 9.17) is 9.47 Å². The first-order chi connectivity index (χ1) is 17.5. The molecule has 37 heavy (non-hydrogen) atoms. The number of carbonyl (C=O) groups excluding carboxylic acids is 2. The number of rotatable bonds is 12. The Labute approximate surface area is 222 Å². The Hall–Kier alpha value is -1.54. The smallest absolute Gasteiger partial charge is 0.312 e. The Bertz CT molecular complexity index is 908. The van der Waals surface area contributed by atoms with Crippen molar-refractivity contribution in [1.29, 1.82) is 0 Å². The van der Waals surface area contributed by atoms with Crippen molar-refractivity contribution < 1.29 is 34.4 Å². The Morgan fingerprint density at radius 1 is 1.22 bits per heavy atom. The molecule has 210 valence electrons. The van der Waals surface area contributed by atoms with Crippen LogP contribution in [0.1, 0.15) is 92.9 Å². The number of carbonyl (C=O) groups is 2. The van der Waals surface area contributed by atoms with Crippen molar-refractivity contribution >= 4 is 11.8 Å². The van der Waals surface area contributed by atoms with Crippen LogP contribution in [0.15, 0.2) is 22.8 Å². The molecule has 3 fully saturated rings. The zero-order valence-electron chi connectivity index (χ0n) is 23.6. The fraction of sp³-hybridized carbons (Fsp3) is 0.800. The minimum Gasteiger partial charge on any atom is -0.459 e. The van der Waals surface area contributed by atoms with Crippen LogP contribution in [-0.4, -0.2) is 64.2 Å². The standard InChI is InChI=1S/C30H48O7/c1-7-8-9-10-11-22(17-32)14-18(2)25(33)21(5)28(35)36-24-13-12-20(4)29(6)15-23(19(3)16-31)26(34)27-30(24,29)37-27/h14,20-22,24-25,27,31-33H,7-13,15-17H2,1-6H3/t20-,21+,22-,24+,25+,27+,29+,30+/m0/s1. The van der Waals surface area contributed by atoms with Gasteiger partial charge in [0.05, 0.1) is 18.6 Å². The van der Waals surface area contributed by atoms with E-state index in [9.17, 15) is 24.9 Å². The van der Waals surface area contributed by atoms with E-state index >= 15 is 0 Å². The molecule has 2 aliphatic carbocycles. The number of unbranched alkanes of at least 4 members (excludes halogenated alkanes) is 3. The fourth-order valence-electron chi connectivity index (χ4n) is 6.61. The third-order valence-corrected chi connectivity index (χ3v) is 9.53. The minimum atomic E-state index is -1.02. The van der Waals surface area contributed by atoms with Crippen LogP contribution < -0.4 is 0 Å².